The predicted octanol–water partition coefficient (Wildman–Crippen LogP) is 8.96. The molecule has 0 aliphatic heterocycles. The van der Waals surface area contributed by atoms with Crippen molar-refractivity contribution in [1.29, 1.82) is 0 Å². The normalized spacial score (nSPS) is 12.0. The molecule has 0 saturated heterocycles. The molecule has 28 heavy (non-hydrogen) atoms. The van der Waals surface area contributed by atoms with Crippen molar-refractivity contribution in [3.63, 3.8) is 0 Å². The SMILES string of the molecule is CCCCC(CCCC)CCCO[PH](=O)OCCCC(CCCC)CCCC. The fraction of sp³-hybridized carbons (Fsp3) is 1.00. The van der Waals surface area contributed by atoms with Gasteiger partial charge in [0.2, 0.25) is 0 Å². The van der Waals surface area contributed by atoms with Gasteiger partial charge in [0, 0.05) is 0 Å². The highest BCUT2D eigenvalue weighted by atomic mass is 31.1. The first kappa shape index (κ1) is 28.1. The Bertz CT molecular complexity index is 290. The Balaban J connectivity index is 3.81. The van der Waals surface area contributed by atoms with Crippen LogP contribution in [0.5, 0.6) is 0 Å². The van der Waals surface area contributed by atoms with Gasteiger partial charge >= 0.3 is 8.25 Å². The Morgan fingerprint density at radius 3 is 1.11 bits per heavy atom. The summed E-state index contributed by atoms with van der Waals surface area (Å²) in [5.74, 6) is 1.63. The molecule has 0 amide bonds. The average Bonchev–Trinajstić information content (AvgIpc) is 2.71. The van der Waals surface area contributed by atoms with Gasteiger partial charge in [0.25, 0.3) is 0 Å². The van der Waals surface area contributed by atoms with Crippen LogP contribution in [-0.4, -0.2) is 13.2 Å². The first-order valence-electron chi connectivity index (χ1n) is 12.5. The van der Waals surface area contributed by atoms with Crippen molar-refractivity contribution in [3.8, 4) is 0 Å². The first-order valence-corrected chi connectivity index (χ1v) is 13.7. The largest absolute Gasteiger partial charge is 0.319 e. The van der Waals surface area contributed by atoms with Crippen LogP contribution in [0.25, 0.3) is 0 Å². The highest BCUT2D eigenvalue weighted by Gasteiger charge is 2.10. The Morgan fingerprint density at radius 1 is 0.536 bits per heavy atom. The van der Waals surface area contributed by atoms with E-state index in [4.69, 9.17) is 9.05 Å². The van der Waals surface area contributed by atoms with E-state index in [0.29, 0.717) is 13.2 Å². The lowest BCUT2D eigenvalue weighted by Crippen LogP contribution is -2.03. The van der Waals surface area contributed by atoms with Gasteiger partial charge in [-0.25, -0.2) is 0 Å². The molecule has 0 aromatic heterocycles. The van der Waals surface area contributed by atoms with E-state index in [9.17, 15) is 4.57 Å². The molecule has 0 rings (SSSR count). The Kier molecular flexibility index (Phi) is 22.0. The Morgan fingerprint density at radius 2 is 0.821 bits per heavy atom. The smallest absolute Gasteiger partial charge is 0.311 e. The van der Waals surface area contributed by atoms with Gasteiger partial charge in [-0.2, -0.15) is 0 Å². The van der Waals surface area contributed by atoms with Gasteiger partial charge in [0.15, 0.2) is 0 Å². The fourth-order valence-electron chi connectivity index (χ4n) is 3.93. The molecule has 0 aromatic carbocycles. The fourth-order valence-corrected chi connectivity index (χ4v) is 4.64. The van der Waals surface area contributed by atoms with E-state index in [1.54, 1.807) is 0 Å². The third-order valence-corrected chi connectivity index (χ3v) is 6.70. The van der Waals surface area contributed by atoms with Crippen LogP contribution in [0.3, 0.4) is 0 Å². The second-order valence-electron chi connectivity index (χ2n) is 8.53. The molecule has 0 fully saturated rings. The Labute approximate surface area is 177 Å². The van der Waals surface area contributed by atoms with Gasteiger partial charge in [0.05, 0.1) is 13.2 Å². The summed E-state index contributed by atoms with van der Waals surface area (Å²) in [5, 5.41) is 0. The van der Waals surface area contributed by atoms with Crippen molar-refractivity contribution in [2.24, 2.45) is 11.8 Å². The minimum Gasteiger partial charge on any atom is -0.311 e. The molecule has 0 atom stereocenters. The second kappa shape index (κ2) is 21.8. The molecule has 0 saturated carbocycles. The van der Waals surface area contributed by atoms with Crippen molar-refractivity contribution >= 4 is 8.25 Å². The average molecular weight is 419 g/mol. The number of hydrogen-bond acceptors (Lipinski definition) is 3. The van der Waals surface area contributed by atoms with Gasteiger partial charge in [-0.15, -0.1) is 0 Å². The van der Waals surface area contributed by atoms with E-state index < -0.39 is 8.25 Å². The lowest BCUT2D eigenvalue weighted by Gasteiger charge is -2.17. The zero-order chi connectivity index (χ0) is 20.9. The van der Waals surface area contributed by atoms with Crippen LogP contribution in [0.4, 0.5) is 0 Å². The summed E-state index contributed by atoms with van der Waals surface area (Å²) in [4.78, 5) is 0. The highest BCUT2D eigenvalue weighted by Crippen LogP contribution is 2.28. The molecule has 0 unspecified atom stereocenters. The molecular weight excluding hydrogens is 367 g/mol. The van der Waals surface area contributed by atoms with Crippen molar-refractivity contribution in [2.45, 2.75) is 130 Å². The third-order valence-electron chi connectivity index (χ3n) is 5.82. The summed E-state index contributed by atoms with van der Waals surface area (Å²) in [6.45, 7) is 10.2. The Hall–Kier alpha value is 0.150. The lowest BCUT2D eigenvalue weighted by atomic mass is 9.92. The molecule has 0 aromatic rings. The van der Waals surface area contributed by atoms with Crippen LogP contribution in [-0.2, 0) is 13.6 Å². The lowest BCUT2D eigenvalue weighted by molar-refractivity contribution is 0.208. The maximum Gasteiger partial charge on any atom is 0.319 e. The number of unbranched alkanes of at least 4 members (excludes halogenated alkanes) is 4. The maximum absolute atomic E-state index is 12.0. The van der Waals surface area contributed by atoms with Crippen LogP contribution in [0.2, 0.25) is 0 Å². The minimum atomic E-state index is -2.30. The summed E-state index contributed by atoms with van der Waals surface area (Å²) in [5.41, 5.74) is 0. The van der Waals surface area contributed by atoms with Gasteiger partial charge < -0.3 is 9.05 Å². The van der Waals surface area contributed by atoms with Crippen LogP contribution >= 0.6 is 8.25 Å². The van der Waals surface area contributed by atoms with Crippen molar-refractivity contribution in [1.82, 2.24) is 0 Å². The molecule has 0 radical (unpaired) electrons. The van der Waals surface area contributed by atoms with Gasteiger partial charge in [-0.05, 0) is 37.5 Å². The molecule has 0 N–H and O–H groups in total. The quantitative estimate of drug-likeness (QED) is 0.130. The van der Waals surface area contributed by atoms with Crippen LogP contribution in [0.1, 0.15) is 130 Å². The van der Waals surface area contributed by atoms with E-state index >= 15 is 0 Å². The van der Waals surface area contributed by atoms with Crippen molar-refractivity contribution < 1.29 is 13.6 Å². The van der Waals surface area contributed by atoms with Crippen LogP contribution in [0, 0.1) is 11.8 Å². The number of hydrogen-bond donors (Lipinski definition) is 0. The van der Waals surface area contributed by atoms with E-state index in [0.717, 1.165) is 24.7 Å². The number of rotatable bonds is 22. The molecule has 0 heterocycles. The molecule has 4 heteroatoms. The zero-order valence-corrected chi connectivity index (χ0v) is 20.6. The summed E-state index contributed by atoms with van der Waals surface area (Å²) < 4.78 is 22.9. The standard InChI is InChI=1S/C24H51O3P/c1-5-9-15-23(16-10-6-2)19-13-21-26-28(25)27-22-14-20-24(17-11-7-3)18-12-8-4/h23-24,28H,5-22H2,1-4H3. The molecular formula is C24H51O3P. The van der Waals surface area contributed by atoms with Crippen molar-refractivity contribution in [3.05, 3.63) is 0 Å². The minimum absolute atomic E-state index is 0.585. The first-order chi connectivity index (χ1) is 13.7. The molecule has 0 aliphatic carbocycles. The molecule has 3 nitrogen and oxygen atoms in total. The zero-order valence-electron chi connectivity index (χ0n) is 19.6. The van der Waals surface area contributed by atoms with Gasteiger partial charge in [-0.3, -0.25) is 4.57 Å². The van der Waals surface area contributed by atoms with Gasteiger partial charge in [0.1, 0.15) is 0 Å². The van der Waals surface area contributed by atoms with Crippen molar-refractivity contribution in [2.75, 3.05) is 13.2 Å². The third kappa shape index (κ3) is 18.2. The molecule has 0 spiro atoms. The van der Waals surface area contributed by atoms with Crippen LogP contribution < -0.4 is 0 Å². The van der Waals surface area contributed by atoms with E-state index in [1.165, 1.54) is 89.9 Å². The molecule has 0 bridgehead atoms. The highest BCUT2D eigenvalue weighted by molar-refractivity contribution is 7.33. The maximum atomic E-state index is 12.0. The summed E-state index contributed by atoms with van der Waals surface area (Å²) in [6.07, 6.45) is 20.2. The second-order valence-corrected chi connectivity index (χ2v) is 9.61. The summed E-state index contributed by atoms with van der Waals surface area (Å²) in [7, 11) is -2.30. The topological polar surface area (TPSA) is 35.5 Å². The summed E-state index contributed by atoms with van der Waals surface area (Å²) in [6, 6.07) is 0. The molecule has 170 valence electrons. The predicted molar refractivity (Wildman–Crippen MR) is 124 cm³/mol. The molecule has 0 aliphatic rings. The monoisotopic (exact) mass is 418 g/mol. The van der Waals surface area contributed by atoms with Crippen LogP contribution in [0.15, 0.2) is 0 Å². The van der Waals surface area contributed by atoms with E-state index in [1.807, 2.05) is 0 Å². The van der Waals surface area contributed by atoms with E-state index in [-0.39, 0.29) is 0 Å². The van der Waals surface area contributed by atoms with Gasteiger partial charge in [-0.1, -0.05) is 105 Å². The summed E-state index contributed by atoms with van der Waals surface area (Å²) >= 11 is 0. The van der Waals surface area contributed by atoms with E-state index in [2.05, 4.69) is 27.7 Å².